The standard InChI is InChI=1S/C11H13FO4S2/c1-2-17-5-6-18(15,16)8-3-4-10(12)9(7-8)11(13)14/h3-4,7H,2,5-6H2,1H3,(H,13,14). The number of rotatable bonds is 6. The lowest BCUT2D eigenvalue weighted by Gasteiger charge is -2.05. The van der Waals surface area contributed by atoms with E-state index in [0.717, 1.165) is 24.0 Å². The van der Waals surface area contributed by atoms with Gasteiger partial charge in [-0.2, -0.15) is 11.8 Å². The Morgan fingerprint density at radius 1 is 1.44 bits per heavy atom. The van der Waals surface area contributed by atoms with Crippen molar-refractivity contribution in [1.82, 2.24) is 0 Å². The summed E-state index contributed by atoms with van der Waals surface area (Å²) in [6.07, 6.45) is 0. The van der Waals surface area contributed by atoms with Crippen LogP contribution in [0, 0.1) is 5.82 Å². The minimum atomic E-state index is -3.56. The first-order valence-corrected chi connectivity index (χ1v) is 8.02. The highest BCUT2D eigenvalue weighted by Crippen LogP contribution is 2.17. The van der Waals surface area contributed by atoms with Crippen molar-refractivity contribution in [3.63, 3.8) is 0 Å². The van der Waals surface area contributed by atoms with Crippen LogP contribution in [0.2, 0.25) is 0 Å². The molecule has 1 aromatic rings. The Hall–Kier alpha value is -1.08. The molecule has 0 spiro atoms. The summed E-state index contributed by atoms with van der Waals surface area (Å²) in [5.74, 6) is -1.27. The van der Waals surface area contributed by atoms with E-state index in [0.29, 0.717) is 5.75 Å². The van der Waals surface area contributed by atoms with Gasteiger partial charge in [0.25, 0.3) is 0 Å². The third kappa shape index (κ3) is 3.71. The molecule has 7 heteroatoms. The van der Waals surface area contributed by atoms with E-state index in [1.54, 1.807) is 0 Å². The summed E-state index contributed by atoms with van der Waals surface area (Å²) < 4.78 is 36.9. The van der Waals surface area contributed by atoms with Gasteiger partial charge in [-0.25, -0.2) is 17.6 Å². The summed E-state index contributed by atoms with van der Waals surface area (Å²) >= 11 is 1.47. The zero-order valence-corrected chi connectivity index (χ0v) is 11.4. The molecular formula is C11H13FO4S2. The fourth-order valence-electron chi connectivity index (χ4n) is 1.29. The minimum Gasteiger partial charge on any atom is -0.478 e. The molecule has 0 saturated heterocycles. The van der Waals surface area contributed by atoms with Crippen molar-refractivity contribution in [2.75, 3.05) is 17.3 Å². The summed E-state index contributed by atoms with van der Waals surface area (Å²) in [6.45, 7) is 1.91. The number of carboxylic acids is 1. The van der Waals surface area contributed by atoms with Crippen LogP contribution >= 0.6 is 11.8 Å². The third-order valence-electron chi connectivity index (χ3n) is 2.23. The molecule has 0 heterocycles. The van der Waals surface area contributed by atoms with Crippen molar-refractivity contribution in [3.05, 3.63) is 29.6 Å². The van der Waals surface area contributed by atoms with Crippen molar-refractivity contribution in [2.45, 2.75) is 11.8 Å². The maximum atomic E-state index is 13.1. The molecule has 1 N–H and O–H groups in total. The molecule has 0 unspecified atom stereocenters. The van der Waals surface area contributed by atoms with Crippen LogP contribution in [0.5, 0.6) is 0 Å². The number of carbonyl (C=O) groups is 1. The summed E-state index contributed by atoms with van der Waals surface area (Å²) in [5.41, 5.74) is -0.626. The van der Waals surface area contributed by atoms with E-state index in [2.05, 4.69) is 0 Å². The Bertz CT molecular complexity index is 540. The van der Waals surface area contributed by atoms with E-state index in [-0.39, 0.29) is 10.6 Å². The van der Waals surface area contributed by atoms with Crippen LogP contribution in [-0.2, 0) is 9.84 Å². The molecule has 0 aliphatic carbocycles. The molecule has 1 aromatic carbocycles. The zero-order valence-electron chi connectivity index (χ0n) is 9.72. The van der Waals surface area contributed by atoms with E-state index in [1.807, 2.05) is 6.92 Å². The van der Waals surface area contributed by atoms with E-state index in [1.165, 1.54) is 11.8 Å². The molecule has 100 valence electrons. The molecule has 0 saturated carbocycles. The molecule has 0 fully saturated rings. The van der Waals surface area contributed by atoms with E-state index < -0.39 is 27.2 Å². The highest BCUT2D eigenvalue weighted by Gasteiger charge is 2.18. The lowest BCUT2D eigenvalue weighted by atomic mass is 10.2. The molecule has 0 aliphatic heterocycles. The first kappa shape index (κ1) is 15.0. The van der Waals surface area contributed by atoms with Gasteiger partial charge in [-0.1, -0.05) is 6.92 Å². The molecule has 1 rings (SSSR count). The van der Waals surface area contributed by atoms with Gasteiger partial charge >= 0.3 is 5.97 Å². The monoisotopic (exact) mass is 292 g/mol. The van der Waals surface area contributed by atoms with Crippen LogP contribution in [-0.4, -0.2) is 36.8 Å². The van der Waals surface area contributed by atoms with Gasteiger partial charge in [0.15, 0.2) is 9.84 Å². The predicted octanol–water partition coefficient (Wildman–Crippen LogP) is 2.05. The molecule has 0 aromatic heterocycles. The van der Waals surface area contributed by atoms with E-state index in [9.17, 15) is 17.6 Å². The largest absolute Gasteiger partial charge is 0.478 e. The second-order valence-electron chi connectivity index (χ2n) is 3.46. The zero-order chi connectivity index (χ0) is 13.8. The highest BCUT2D eigenvalue weighted by atomic mass is 32.2. The van der Waals surface area contributed by atoms with Gasteiger partial charge in [0, 0.05) is 5.75 Å². The van der Waals surface area contributed by atoms with Crippen LogP contribution < -0.4 is 0 Å². The number of benzene rings is 1. The van der Waals surface area contributed by atoms with E-state index in [4.69, 9.17) is 5.11 Å². The Balaban J connectivity index is 3.02. The molecule has 0 amide bonds. The van der Waals surface area contributed by atoms with Crippen molar-refractivity contribution < 1.29 is 22.7 Å². The van der Waals surface area contributed by atoms with Crippen molar-refractivity contribution >= 4 is 27.6 Å². The first-order chi connectivity index (χ1) is 8.38. The second kappa shape index (κ2) is 6.19. The topological polar surface area (TPSA) is 71.4 Å². The van der Waals surface area contributed by atoms with Gasteiger partial charge in [0.1, 0.15) is 5.82 Å². The number of hydrogen-bond donors (Lipinski definition) is 1. The Kier molecular flexibility index (Phi) is 5.15. The summed E-state index contributed by atoms with van der Waals surface area (Å²) in [7, 11) is -3.56. The summed E-state index contributed by atoms with van der Waals surface area (Å²) in [4.78, 5) is 10.6. The maximum absolute atomic E-state index is 13.1. The molecule has 0 atom stereocenters. The maximum Gasteiger partial charge on any atom is 0.338 e. The van der Waals surface area contributed by atoms with Crippen LogP contribution in [0.4, 0.5) is 4.39 Å². The average Bonchev–Trinajstić information content (AvgIpc) is 2.29. The number of aromatic carboxylic acids is 1. The quantitative estimate of drug-likeness (QED) is 0.642. The number of hydrogen-bond acceptors (Lipinski definition) is 4. The van der Waals surface area contributed by atoms with Gasteiger partial charge in [-0.05, 0) is 24.0 Å². The number of sulfone groups is 1. The molecule has 0 radical (unpaired) electrons. The minimum absolute atomic E-state index is 0.0871. The SMILES string of the molecule is CCSCCS(=O)(=O)c1ccc(F)c(C(=O)O)c1. The van der Waals surface area contributed by atoms with Gasteiger partial charge in [-0.3, -0.25) is 0 Å². The lowest BCUT2D eigenvalue weighted by Crippen LogP contribution is -2.11. The van der Waals surface area contributed by atoms with Crippen molar-refractivity contribution in [2.24, 2.45) is 0 Å². The van der Waals surface area contributed by atoms with Gasteiger partial charge in [-0.15, -0.1) is 0 Å². The molecule has 4 nitrogen and oxygen atoms in total. The fraction of sp³-hybridized carbons (Fsp3) is 0.364. The second-order valence-corrected chi connectivity index (χ2v) is 6.97. The summed E-state index contributed by atoms with van der Waals surface area (Å²) in [6, 6.07) is 2.82. The number of thioether (sulfide) groups is 1. The van der Waals surface area contributed by atoms with Gasteiger partial charge in [0.05, 0.1) is 16.2 Å². The summed E-state index contributed by atoms with van der Waals surface area (Å²) in [5, 5.41) is 8.73. The average molecular weight is 292 g/mol. The Labute approximate surface area is 109 Å². The van der Waals surface area contributed by atoms with Gasteiger partial charge in [0.2, 0.25) is 0 Å². The van der Waals surface area contributed by atoms with Crippen molar-refractivity contribution in [3.8, 4) is 0 Å². The molecule has 0 aliphatic rings. The first-order valence-electron chi connectivity index (χ1n) is 5.22. The lowest BCUT2D eigenvalue weighted by molar-refractivity contribution is 0.0691. The highest BCUT2D eigenvalue weighted by molar-refractivity contribution is 8.00. The molecular weight excluding hydrogens is 279 g/mol. The number of carboxylic acid groups (broad SMARTS) is 1. The fourth-order valence-corrected chi connectivity index (χ4v) is 3.74. The molecule has 18 heavy (non-hydrogen) atoms. The van der Waals surface area contributed by atoms with E-state index >= 15 is 0 Å². The van der Waals surface area contributed by atoms with Crippen LogP contribution in [0.15, 0.2) is 23.1 Å². The number of halogens is 1. The smallest absolute Gasteiger partial charge is 0.338 e. The van der Waals surface area contributed by atoms with Crippen LogP contribution in [0.3, 0.4) is 0 Å². The normalized spacial score (nSPS) is 11.4. The van der Waals surface area contributed by atoms with Crippen LogP contribution in [0.25, 0.3) is 0 Å². The predicted molar refractivity (Wildman–Crippen MR) is 68.4 cm³/mol. The Morgan fingerprint density at radius 3 is 2.67 bits per heavy atom. The van der Waals surface area contributed by atoms with Crippen LogP contribution in [0.1, 0.15) is 17.3 Å². The Morgan fingerprint density at radius 2 is 2.11 bits per heavy atom. The van der Waals surface area contributed by atoms with Gasteiger partial charge < -0.3 is 5.11 Å². The van der Waals surface area contributed by atoms with Crippen molar-refractivity contribution in [1.29, 1.82) is 0 Å². The molecule has 0 bridgehead atoms. The third-order valence-corrected chi connectivity index (χ3v) is 5.10.